The number of carbonyl (C=O) groups excluding carboxylic acids is 2. The molecule has 2 aromatic heterocycles. The van der Waals surface area contributed by atoms with Crippen LogP contribution in [0, 0.1) is 5.92 Å². The number of amides is 3. The number of nitrogens with one attached hydrogen (secondary N) is 1. The SMILES string of the molecule is C[C@@H]1CN([C@H](C)CO)C(=O)c2cc(-c3ccncc3)cnc2O[C@H]1CN(C)C(=O)NC1CCCC1. The van der Waals surface area contributed by atoms with Crippen LogP contribution in [-0.4, -0.2) is 81.7 Å². The van der Waals surface area contributed by atoms with Gasteiger partial charge in [0.1, 0.15) is 11.7 Å². The molecule has 9 nitrogen and oxygen atoms in total. The molecule has 0 aromatic carbocycles. The number of aliphatic hydroxyl groups excluding tert-OH is 1. The van der Waals surface area contributed by atoms with E-state index in [2.05, 4.69) is 15.3 Å². The summed E-state index contributed by atoms with van der Waals surface area (Å²) in [7, 11) is 1.76. The Morgan fingerprint density at radius 1 is 1.29 bits per heavy atom. The first-order valence-electron chi connectivity index (χ1n) is 12.4. The number of carbonyl (C=O) groups is 2. The molecule has 188 valence electrons. The Bertz CT molecular complexity index is 1030. The largest absolute Gasteiger partial charge is 0.472 e. The van der Waals surface area contributed by atoms with Gasteiger partial charge in [0, 0.05) is 49.7 Å². The van der Waals surface area contributed by atoms with E-state index in [1.807, 2.05) is 26.0 Å². The van der Waals surface area contributed by atoms with Gasteiger partial charge in [-0.1, -0.05) is 19.8 Å². The van der Waals surface area contributed by atoms with E-state index in [1.54, 1.807) is 41.5 Å². The number of nitrogens with zero attached hydrogens (tertiary/aromatic N) is 4. The van der Waals surface area contributed by atoms with Crippen molar-refractivity contribution in [1.29, 1.82) is 0 Å². The van der Waals surface area contributed by atoms with Crippen LogP contribution in [0.15, 0.2) is 36.8 Å². The second-order valence-electron chi connectivity index (χ2n) is 9.75. The van der Waals surface area contributed by atoms with Crippen molar-refractivity contribution in [2.45, 2.75) is 57.7 Å². The van der Waals surface area contributed by atoms with E-state index in [1.165, 1.54) is 0 Å². The number of aromatic nitrogens is 2. The second-order valence-corrected chi connectivity index (χ2v) is 9.75. The van der Waals surface area contributed by atoms with E-state index in [-0.39, 0.29) is 48.5 Å². The van der Waals surface area contributed by atoms with Crippen molar-refractivity contribution in [2.24, 2.45) is 5.92 Å². The Morgan fingerprint density at radius 3 is 2.69 bits per heavy atom. The average Bonchev–Trinajstić information content (AvgIpc) is 3.39. The standard InChI is InChI=1S/C26H35N5O4/c1-17-14-31(18(2)16-32)25(33)22-12-20(19-8-10-27-11-9-19)13-28-24(22)35-23(17)15-30(3)26(34)29-21-6-4-5-7-21/h8-13,17-18,21,23,32H,4-7,14-16H2,1-3H3,(H,29,34)/t17-,18-,23+/m1/s1. The molecule has 3 amide bonds. The van der Waals surface area contributed by atoms with Crippen LogP contribution in [0.5, 0.6) is 5.88 Å². The van der Waals surface area contributed by atoms with Crippen molar-refractivity contribution in [2.75, 3.05) is 26.7 Å². The predicted molar refractivity (Wildman–Crippen MR) is 132 cm³/mol. The lowest BCUT2D eigenvalue weighted by molar-refractivity contribution is 0.0351. The van der Waals surface area contributed by atoms with Crippen LogP contribution in [0.1, 0.15) is 49.9 Å². The highest BCUT2D eigenvalue weighted by molar-refractivity contribution is 5.98. The molecule has 1 fully saturated rings. The number of ether oxygens (including phenoxy) is 1. The van der Waals surface area contributed by atoms with E-state index in [9.17, 15) is 14.7 Å². The smallest absolute Gasteiger partial charge is 0.317 e. The van der Waals surface area contributed by atoms with Crippen molar-refractivity contribution >= 4 is 11.9 Å². The van der Waals surface area contributed by atoms with Gasteiger partial charge < -0.3 is 25.0 Å². The van der Waals surface area contributed by atoms with Crippen molar-refractivity contribution in [3.05, 3.63) is 42.4 Å². The third-order valence-electron chi connectivity index (χ3n) is 7.02. The lowest BCUT2D eigenvalue weighted by atomic mass is 9.99. The Labute approximate surface area is 206 Å². The van der Waals surface area contributed by atoms with Gasteiger partial charge in [0.2, 0.25) is 5.88 Å². The topological polar surface area (TPSA) is 108 Å². The minimum atomic E-state index is -0.381. The molecule has 3 atom stereocenters. The molecule has 2 aliphatic rings. The molecule has 0 radical (unpaired) electrons. The summed E-state index contributed by atoms with van der Waals surface area (Å²) in [5, 5.41) is 13.0. The van der Waals surface area contributed by atoms with E-state index in [0.29, 0.717) is 18.7 Å². The van der Waals surface area contributed by atoms with E-state index in [0.717, 1.165) is 36.8 Å². The highest BCUT2D eigenvalue weighted by Crippen LogP contribution is 2.30. The quantitative estimate of drug-likeness (QED) is 0.657. The highest BCUT2D eigenvalue weighted by atomic mass is 16.5. The van der Waals surface area contributed by atoms with Gasteiger partial charge in [-0.25, -0.2) is 9.78 Å². The summed E-state index contributed by atoms with van der Waals surface area (Å²) in [6.45, 7) is 4.41. The van der Waals surface area contributed by atoms with Crippen LogP contribution < -0.4 is 10.1 Å². The first-order valence-corrected chi connectivity index (χ1v) is 12.4. The summed E-state index contributed by atoms with van der Waals surface area (Å²) in [5.74, 6) is -0.0869. The lowest BCUT2D eigenvalue weighted by Gasteiger charge is -2.37. The summed E-state index contributed by atoms with van der Waals surface area (Å²) >= 11 is 0. The maximum Gasteiger partial charge on any atom is 0.317 e. The van der Waals surface area contributed by atoms with E-state index >= 15 is 0 Å². The normalized spacial score (nSPS) is 21.5. The zero-order valence-corrected chi connectivity index (χ0v) is 20.7. The minimum Gasteiger partial charge on any atom is -0.472 e. The molecule has 0 unspecified atom stereocenters. The van der Waals surface area contributed by atoms with Gasteiger partial charge in [0.25, 0.3) is 5.91 Å². The van der Waals surface area contributed by atoms with Gasteiger partial charge in [0.05, 0.1) is 19.2 Å². The summed E-state index contributed by atoms with van der Waals surface area (Å²) in [6.07, 6.45) is 9.01. The predicted octanol–water partition coefficient (Wildman–Crippen LogP) is 2.95. The zero-order chi connectivity index (χ0) is 24.9. The molecule has 2 aromatic rings. The van der Waals surface area contributed by atoms with Gasteiger partial charge in [-0.3, -0.25) is 9.78 Å². The second kappa shape index (κ2) is 11.0. The summed E-state index contributed by atoms with van der Waals surface area (Å²) in [6, 6.07) is 5.23. The van der Waals surface area contributed by atoms with Crippen LogP contribution in [-0.2, 0) is 0 Å². The van der Waals surface area contributed by atoms with Crippen LogP contribution >= 0.6 is 0 Å². The van der Waals surface area contributed by atoms with Crippen LogP contribution in [0.4, 0.5) is 4.79 Å². The molecule has 9 heteroatoms. The Morgan fingerprint density at radius 2 is 2.00 bits per heavy atom. The summed E-state index contributed by atoms with van der Waals surface area (Å²) < 4.78 is 6.31. The monoisotopic (exact) mass is 481 g/mol. The third kappa shape index (κ3) is 5.73. The molecule has 0 saturated heterocycles. The average molecular weight is 482 g/mol. The minimum absolute atomic E-state index is 0.0931. The maximum atomic E-state index is 13.6. The molecule has 35 heavy (non-hydrogen) atoms. The van der Waals surface area contributed by atoms with Crippen molar-refractivity contribution in [3.8, 4) is 17.0 Å². The van der Waals surface area contributed by atoms with Crippen molar-refractivity contribution in [3.63, 3.8) is 0 Å². The molecule has 1 aliphatic carbocycles. The number of aliphatic hydroxyl groups is 1. The number of hydrogen-bond acceptors (Lipinski definition) is 6. The fraction of sp³-hybridized carbons (Fsp3) is 0.538. The number of hydrogen-bond donors (Lipinski definition) is 2. The number of fused-ring (bicyclic) bond motifs is 1. The molecular weight excluding hydrogens is 446 g/mol. The molecule has 0 bridgehead atoms. The van der Waals surface area contributed by atoms with Gasteiger partial charge in [-0.15, -0.1) is 0 Å². The van der Waals surface area contributed by atoms with E-state index in [4.69, 9.17) is 4.74 Å². The van der Waals surface area contributed by atoms with Crippen LogP contribution in [0.2, 0.25) is 0 Å². The first-order chi connectivity index (χ1) is 16.9. The summed E-state index contributed by atoms with van der Waals surface area (Å²) in [5.41, 5.74) is 2.01. The number of likely N-dealkylation sites (N-methyl/N-ethyl adjacent to an activating group) is 1. The number of rotatable bonds is 6. The number of urea groups is 1. The van der Waals surface area contributed by atoms with Gasteiger partial charge in [-0.05, 0) is 43.5 Å². The summed E-state index contributed by atoms with van der Waals surface area (Å²) in [4.78, 5) is 38.2. The van der Waals surface area contributed by atoms with Crippen molar-refractivity contribution < 1.29 is 19.4 Å². The molecule has 3 heterocycles. The van der Waals surface area contributed by atoms with Crippen LogP contribution in [0.3, 0.4) is 0 Å². The molecule has 2 N–H and O–H groups in total. The molecule has 1 aliphatic heterocycles. The Balaban J connectivity index is 1.61. The Kier molecular flexibility index (Phi) is 7.85. The maximum absolute atomic E-state index is 13.6. The molecule has 4 rings (SSSR count). The molecule has 1 saturated carbocycles. The third-order valence-corrected chi connectivity index (χ3v) is 7.02. The first kappa shape index (κ1) is 24.9. The van der Waals surface area contributed by atoms with Gasteiger partial charge in [-0.2, -0.15) is 0 Å². The fourth-order valence-electron chi connectivity index (χ4n) is 4.73. The molecule has 0 spiro atoms. The highest BCUT2D eigenvalue weighted by Gasteiger charge is 2.35. The van der Waals surface area contributed by atoms with Crippen molar-refractivity contribution in [1.82, 2.24) is 25.1 Å². The van der Waals surface area contributed by atoms with E-state index < -0.39 is 0 Å². The molecular formula is C26H35N5O4. The van der Waals surface area contributed by atoms with Gasteiger partial charge in [0.15, 0.2) is 0 Å². The van der Waals surface area contributed by atoms with Gasteiger partial charge >= 0.3 is 6.03 Å². The fourth-order valence-corrected chi connectivity index (χ4v) is 4.73. The lowest BCUT2D eigenvalue weighted by Crippen LogP contribution is -2.52. The Hall–Kier alpha value is -3.20. The van der Waals surface area contributed by atoms with Crippen LogP contribution in [0.25, 0.3) is 11.1 Å². The number of pyridine rings is 2. The zero-order valence-electron chi connectivity index (χ0n) is 20.7.